The first-order valence-electron chi connectivity index (χ1n) is 18.0. The molecule has 7 heteroatoms. The summed E-state index contributed by atoms with van der Waals surface area (Å²) in [7, 11) is 0. The van der Waals surface area contributed by atoms with Crippen molar-refractivity contribution in [3.8, 4) is 0 Å². The van der Waals surface area contributed by atoms with E-state index in [1.54, 1.807) is 0 Å². The summed E-state index contributed by atoms with van der Waals surface area (Å²) in [6, 6.07) is 0. The molecular weight excluding hydrogens is 577 g/mol. The van der Waals surface area contributed by atoms with Crippen LogP contribution in [-0.4, -0.2) is 57.4 Å². The molecule has 0 aliphatic heterocycles. The summed E-state index contributed by atoms with van der Waals surface area (Å²) in [5.41, 5.74) is 0. The number of aliphatic carboxylic acids is 2. The van der Waals surface area contributed by atoms with Crippen molar-refractivity contribution in [3.63, 3.8) is 0 Å². The quantitative estimate of drug-likeness (QED) is 0.0703. The van der Waals surface area contributed by atoms with Gasteiger partial charge < -0.3 is 14.9 Å². The van der Waals surface area contributed by atoms with E-state index in [1.807, 2.05) is 37.4 Å². The van der Waals surface area contributed by atoms with Crippen LogP contribution in [0.2, 0.25) is 0 Å². The minimum Gasteiger partial charge on any atom is -0.481 e. The third-order valence-electron chi connectivity index (χ3n) is 9.17. The molecule has 0 saturated carbocycles. The van der Waals surface area contributed by atoms with Crippen LogP contribution in [0.4, 0.5) is 0 Å². The van der Waals surface area contributed by atoms with Crippen molar-refractivity contribution < 1.29 is 24.5 Å². The van der Waals surface area contributed by atoms with Crippen LogP contribution >= 0.6 is 23.5 Å². The van der Waals surface area contributed by atoms with E-state index in [-0.39, 0.29) is 10.5 Å². The molecule has 0 aromatic carbocycles. The second-order valence-electron chi connectivity index (χ2n) is 12.8. The third kappa shape index (κ3) is 22.7. The molecule has 43 heavy (non-hydrogen) atoms. The summed E-state index contributed by atoms with van der Waals surface area (Å²) in [6.45, 7) is 13.7. The Morgan fingerprint density at radius 3 is 1.23 bits per heavy atom. The van der Waals surface area contributed by atoms with Gasteiger partial charge in [-0.05, 0) is 49.0 Å². The van der Waals surface area contributed by atoms with E-state index in [0.29, 0.717) is 37.9 Å². The third-order valence-corrected chi connectivity index (χ3v) is 12.6. The topological polar surface area (TPSA) is 83.8 Å². The van der Waals surface area contributed by atoms with Crippen LogP contribution in [0.1, 0.15) is 157 Å². The van der Waals surface area contributed by atoms with Crippen molar-refractivity contribution in [2.75, 3.05) is 24.7 Å². The molecule has 0 fully saturated rings. The fourth-order valence-electron chi connectivity index (χ4n) is 5.53. The highest BCUT2D eigenvalue weighted by molar-refractivity contribution is 8.00. The van der Waals surface area contributed by atoms with Gasteiger partial charge in [0.05, 0.1) is 11.8 Å². The summed E-state index contributed by atoms with van der Waals surface area (Å²) in [5, 5.41) is 19.5. The number of carbonyl (C=O) groups is 2. The summed E-state index contributed by atoms with van der Waals surface area (Å²) in [5.74, 6) is 1.02. The molecule has 0 aromatic rings. The van der Waals surface area contributed by atoms with Gasteiger partial charge in [0.1, 0.15) is 0 Å². The molecule has 0 rings (SSSR count). The van der Waals surface area contributed by atoms with Crippen molar-refractivity contribution in [2.24, 2.45) is 23.7 Å². The minimum atomic E-state index is -0.736. The maximum atomic E-state index is 11.8. The largest absolute Gasteiger partial charge is 0.481 e. The van der Waals surface area contributed by atoms with Crippen LogP contribution in [0.15, 0.2) is 0 Å². The zero-order valence-electron chi connectivity index (χ0n) is 29.0. The van der Waals surface area contributed by atoms with Gasteiger partial charge in [0.15, 0.2) is 0 Å². The van der Waals surface area contributed by atoms with E-state index in [2.05, 4.69) is 27.7 Å². The molecular formula is C36H70O5S2. The smallest absolute Gasteiger partial charge is 0.307 e. The Hall–Kier alpha value is -0.400. The predicted octanol–water partition coefficient (Wildman–Crippen LogP) is 11.0. The average Bonchev–Trinajstić information content (AvgIpc) is 2.99. The van der Waals surface area contributed by atoms with Crippen molar-refractivity contribution in [1.29, 1.82) is 0 Å². The van der Waals surface area contributed by atoms with E-state index in [9.17, 15) is 19.8 Å². The van der Waals surface area contributed by atoms with E-state index < -0.39 is 23.8 Å². The lowest BCUT2D eigenvalue weighted by molar-refractivity contribution is -0.142. The number of ether oxygens (including phenoxy) is 1. The zero-order valence-corrected chi connectivity index (χ0v) is 30.6. The second-order valence-corrected chi connectivity index (χ2v) is 15.4. The van der Waals surface area contributed by atoms with E-state index in [4.69, 9.17) is 4.74 Å². The summed E-state index contributed by atoms with van der Waals surface area (Å²) in [6.07, 6.45) is 21.9. The molecule has 5 nitrogen and oxygen atoms in total. The normalized spacial score (nSPS) is 16.0. The van der Waals surface area contributed by atoms with Crippen molar-refractivity contribution >= 4 is 35.5 Å². The highest BCUT2D eigenvalue weighted by Gasteiger charge is 2.27. The van der Waals surface area contributed by atoms with Crippen LogP contribution in [0.3, 0.4) is 0 Å². The SMILES string of the molecule is CCCCCCCCC(CC)CSC(CCOCCC(SCC(CC)CCCCCCCC)C(C)C(=O)O)C(C)C(=O)O. The number of hydrogen-bond acceptors (Lipinski definition) is 5. The fraction of sp³-hybridized carbons (Fsp3) is 0.944. The number of rotatable bonds is 32. The first kappa shape index (κ1) is 42.6. The zero-order chi connectivity index (χ0) is 32.3. The van der Waals surface area contributed by atoms with Gasteiger partial charge in [-0.15, -0.1) is 0 Å². The Kier molecular flexibility index (Phi) is 28.8. The van der Waals surface area contributed by atoms with Crippen LogP contribution < -0.4 is 0 Å². The molecule has 0 amide bonds. The standard InChI is InChI=1S/C36H70O5S2/c1-7-11-13-15-17-19-21-31(9-3)27-42-33(29(5)35(37)38)23-25-41-26-24-34(30(6)36(39)40)43-28-32(10-4)22-20-18-16-14-12-8-2/h29-34H,7-28H2,1-6H3,(H,37,38)(H,39,40). The molecule has 2 N–H and O–H groups in total. The van der Waals surface area contributed by atoms with Crippen LogP contribution in [0, 0.1) is 23.7 Å². The van der Waals surface area contributed by atoms with Gasteiger partial charge in [0.25, 0.3) is 0 Å². The maximum Gasteiger partial charge on any atom is 0.307 e. The van der Waals surface area contributed by atoms with Crippen molar-refractivity contribution in [2.45, 2.75) is 168 Å². The molecule has 0 heterocycles. The number of hydrogen-bond donors (Lipinski definition) is 2. The molecule has 6 atom stereocenters. The van der Waals surface area contributed by atoms with Gasteiger partial charge in [-0.2, -0.15) is 23.5 Å². The van der Waals surface area contributed by atoms with Gasteiger partial charge in [-0.25, -0.2) is 0 Å². The van der Waals surface area contributed by atoms with Crippen molar-refractivity contribution in [1.82, 2.24) is 0 Å². The predicted molar refractivity (Wildman–Crippen MR) is 190 cm³/mol. The average molecular weight is 647 g/mol. The number of carboxylic acids is 2. The van der Waals surface area contributed by atoms with Crippen molar-refractivity contribution in [3.05, 3.63) is 0 Å². The lowest BCUT2D eigenvalue weighted by Gasteiger charge is -2.25. The Labute approximate surface area is 275 Å². The van der Waals surface area contributed by atoms with Crippen LogP contribution in [-0.2, 0) is 14.3 Å². The molecule has 0 aromatic heterocycles. The number of carboxylic acid groups (broad SMARTS) is 2. The van der Waals surface area contributed by atoms with Gasteiger partial charge >= 0.3 is 11.9 Å². The van der Waals surface area contributed by atoms with E-state index >= 15 is 0 Å². The summed E-state index contributed by atoms with van der Waals surface area (Å²) < 4.78 is 6.03. The van der Waals surface area contributed by atoms with Gasteiger partial charge in [0.2, 0.25) is 0 Å². The molecule has 0 saturated heterocycles. The monoisotopic (exact) mass is 646 g/mol. The molecule has 0 aliphatic carbocycles. The molecule has 0 bridgehead atoms. The van der Waals surface area contributed by atoms with E-state index in [1.165, 1.54) is 89.9 Å². The summed E-state index contributed by atoms with van der Waals surface area (Å²) >= 11 is 3.64. The molecule has 0 spiro atoms. The Morgan fingerprint density at radius 2 is 0.907 bits per heavy atom. The highest BCUT2D eigenvalue weighted by Crippen LogP contribution is 2.30. The first-order valence-corrected chi connectivity index (χ1v) is 20.1. The number of unbranched alkanes of at least 4 members (excludes halogenated alkanes) is 10. The van der Waals surface area contributed by atoms with Crippen LogP contribution in [0.5, 0.6) is 0 Å². The van der Waals surface area contributed by atoms with Gasteiger partial charge in [0, 0.05) is 23.7 Å². The maximum absolute atomic E-state index is 11.8. The minimum absolute atomic E-state index is 0.0338. The molecule has 6 unspecified atom stereocenters. The Bertz CT molecular complexity index is 608. The molecule has 256 valence electrons. The van der Waals surface area contributed by atoms with Crippen LogP contribution in [0.25, 0.3) is 0 Å². The van der Waals surface area contributed by atoms with Gasteiger partial charge in [-0.1, -0.05) is 131 Å². The van der Waals surface area contributed by atoms with E-state index in [0.717, 1.165) is 24.3 Å². The lowest BCUT2D eigenvalue weighted by atomic mass is 10.00. The second kappa shape index (κ2) is 29.0. The fourth-order valence-corrected chi connectivity index (χ4v) is 8.71. The number of thioether (sulfide) groups is 2. The molecule has 0 aliphatic rings. The Balaban J connectivity index is 4.66. The highest BCUT2D eigenvalue weighted by atomic mass is 32.2. The Morgan fingerprint density at radius 1 is 0.558 bits per heavy atom. The van der Waals surface area contributed by atoms with Gasteiger partial charge in [-0.3, -0.25) is 9.59 Å². The lowest BCUT2D eigenvalue weighted by Crippen LogP contribution is -2.27. The summed E-state index contributed by atoms with van der Waals surface area (Å²) in [4.78, 5) is 23.7. The first-order chi connectivity index (χ1) is 20.7. The molecule has 0 radical (unpaired) electrons.